The molecule has 0 saturated carbocycles. The SMILES string of the molecule is CNCCNS(=O)(=O)c1ccc(Oc2ccc(OC)cc2)cc1. The van der Waals surface area contributed by atoms with Crippen LogP contribution in [0.5, 0.6) is 17.2 Å². The zero-order valence-corrected chi connectivity index (χ0v) is 13.9. The van der Waals surface area contributed by atoms with Crippen molar-refractivity contribution < 1.29 is 17.9 Å². The molecular formula is C16H20N2O4S. The van der Waals surface area contributed by atoms with E-state index in [1.54, 1.807) is 50.6 Å². The molecule has 7 heteroatoms. The summed E-state index contributed by atoms with van der Waals surface area (Å²) in [5, 5.41) is 2.88. The van der Waals surface area contributed by atoms with Crippen molar-refractivity contribution in [3.8, 4) is 17.2 Å². The van der Waals surface area contributed by atoms with Crippen LogP contribution in [0.25, 0.3) is 0 Å². The Morgan fingerprint density at radius 1 is 0.870 bits per heavy atom. The van der Waals surface area contributed by atoms with Crippen LogP contribution in [0.15, 0.2) is 53.4 Å². The molecule has 0 radical (unpaired) electrons. The van der Waals surface area contributed by atoms with Gasteiger partial charge in [0.15, 0.2) is 0 Å². The van der Waals surface area contributed by atoms with Gasteiger partial charge >= 0.3 is 0 Å². The summed E-state index contributed by atoms with van der Waals surface area (Å²) in [5.41, 5.74) is 0. The van der Waals surface area contributed by atoms with Gasteiger partial charge in [-0.15, -0.1) is 0 Å². The monoisotopic (exact) mass is 336 g/mol. The van der Waals surface area contributed by atoms with Gasteiger partial charge in [-0.3, -0.25) is 0 Å². The van der Waals surface area contributed by atoms with E-state index >= 15 is 0 Å². The first-order valence-electron chi connectivity index (χ1n) is 7.11. The number of ether oxygens (including phenoxy) is 2. The molecule has 0 saturated heterocycles. The molecule has 0 amide bonds. The van der Waals surface area contributed by atoms with Gasteiger partial charge in [0.05, 0.1) is 12.0 Å². The van der Waals surface area contributed by atoms with Crippen LogP contribution in [-0.4, -0.2) is 35.7 Å². The van der Waals surface area contributed by atoms with E-state index in [2.05, 4.69) is 10.0 Å². The maximum absolute atomic E-state index is 12.1. The van der Waals surface area contributed by atoms with E-state index < -0.39 is 10.0 Å². The van der Waals surface area contributed by atoms with Gasteiger partial charge in [-0.1, -0.05) is 0 Å². The number of sulfonamides is 1. The molecule has 2 N–H and O–H groups in total. The first kappa shape index (κ1) is 17.3. The maximum atomic E-state index is 12.1. The zero-order chi connectivity index (χ0) is 16.7. The van der Waals surface area contributed by atoms with Crippen molar-refractivity contribution in [2.24, 2.45) is 0 Å². The minimum Gasteiger partial charge on any atom is -0.497 e. The van der Waals surface area contributed by atoms with Crippen LogP contribution < -0.4 is 19.5 Å². The van der Waals surface area contributed by atoms with Crippen molar-refractivity contribution >= 4 is 10.0 Å². The Balaban J connectivity index is 2.03. The summed E-state index contributed by atoms with van der Waals surface area (Å²) in [6, 6.07) is 13.4. The molecule has 0 aliphatic carbocycles. The third-order valence-electron chi connectivity index (χ3n) is 3.10. The van der Waals surface area contributed by atoms with Crippen LogP contribution in [0.4, 0.5) is 0 Å². The Bertz CT molecular complexity index is 713. The molecule has 124 valence electrons. The van der Waals surface area contributed by atoms with Crippen molar-refractivity contribution in [1.29, 1.82) is 0 Å². The highest BCUT2D eigenvalue weighted by Crippen LogP contribution is 2.24. The normalized spacial score (nSPS) is 11.2. The second-order valence-corrected chi connectivity index (χ2v) is 6.52. The lowest BCUT2D eigenvalue weighted by atomic mass is 10.3. The van der Waals surface area contributed by atoms with E-state index in [-0.39, 0.29) is 4.90 Å². The van der Waals surface area contributed by atoms with Crippen LogP contribution in [-0.2, 0) is 10.0 Å². The molecule has 0 aliphatic rings. The van der Waals surface area contributed by atoms with Crippen molar-refractivity contribution in [3.63, 3.8) is 0 Å². The van der Waals surface area contributed by atoms with Gasteiger partial charge in [-0.25, -0.2) is 13.1 Å². The minimum atomic E-state index is -3.49. The Labute approximate surface area is 136 Å². The van der Waals surface area contributed by atoms with Crippen molar-refractivity contribution in [2.75, 3.05) is 27.2 Å². The number of hydrogen-bond donors (Lipinski definition) is 2. The number of nitrogens with one attached hydrogen (secondary N) is 2. The van der Waals surface area contributed by atoms with E-state index in [1.807, 2.05) is 0 Å². The Morgan fingerprint density at radius 2 is 1.39 bits per heavy atom. The molecule has 2 rings (SSSR count). The lowest BCUT2D eigenvalue weighted by Crippen LogP contribution is -2.30. The molecule has 0 fully saturated rings. The number of likely N-dealkylation sites (N-methyl/N-ethyl adjacent to an activating group) is 1. The second kappa shape index (κ2) is 7.96. The fraction of sp³-hybridized carbons (Fsp3) is 0.250. The minimum absolute atomic E-state index is 0.204. The Hall–Kier alpha value is -2.09. The number of benzene rings is 2. The van der Waals surface area contributed by atoms with Gasteiger partial charge < -0.3 is 14.8 Å². The number of methoxy groups -OCH3 is 1. The summed E-state index contributed by atoms with van der Waals surface area (Å²) in [5.74, 6) is 1.95. The summed E-state index contributed by atoms with van der Waals surface area (Å²) in [7, 11) is -0.133. The van der Waals surface area contributed by atoms with E-state index in [9.17, 15) is 8.42 Å². The molecule has 23 heavy (non-hydrogen) atoms. The van der Waals surface area contributed by atoms with Crippen LogP contribution in [0.2, 0.25) is 0 Å². The molecule has 0 atom stereocenters. The van der Waals surface area contributed by atoms with E-state index in [4.69, 9.17) is 9.47 Å². The van der Waals surface area contributed by atoms with Crippen LogP contribution in [0.1, 0.15) is 0 Å². The van der Waals surface area contributed by atoms with E-state index in [0.717, 1.165) is 5.75 Å². The highest BCUT2D eigenvalue weighted by molar-refractivity contribution is 7.89. The van der Waals surface area contributed by atoms with Gasteiger partial charge in [-0.2, -0.15) is 0 Å². The average molecular weight is 336 g/mol. The fourth-order valence-electron chi connectivity index (χ4n) is 1.86. The van der Waals surface area contributed by atoms with Gasteiger partial charge in [0.1, 0.15) is 17.2 Å². The van der Waals surface area contributed by atoms with Gasteiger partial charge in [0.25, 0.3) is 0 Å². The molecule has 2 aromatic carbocycles. The average Bonchev–Trinajstić information content (AvgIpc) is 2.56. The van der Waals surface area contributed by atoms with Crippen LogP contribution in [0, 0.1) is 0 Å². The third kappa shape index (κ3) is 4.95. The first-order chi connectivity index (χ1) is 11.0. The highest BCUT2D eigenvalue weighted by atomic mass is 32.2. The van der Waals surface area contributed by atoms with Crippen LogP contribution >= 0.6 is 0 Å². The predicted octanol–water partition coefficient (Wildman–Crippen LogP) is 1.99. The summed E-state index contributed by atoms with van der Waals surface area (Å²) < 4.78 is 37.4. The Morgan fingerprint density at radius 3 is 1.91 bits per heavy atom. The molecule has 0 aliphatic heterocycles. The predicted molar refractivity (Wildman–Crippen MR) is 88.6 cm³/mol. The molecule has 0 bridgehead atoms. The smallest absolute Gasteiger partial charge is 0.240 e. The topological polar surface area (TPSA) is 76.7 Å². The van der Waals surface area contributed by atoms with Gasteiger partial charge in [0, 0.05) is 13.1 Å². The van der Waals surface area contributed by atoms with E-state index in [1.165, 1.54) is 12.1 Å². The molecule has 2 aromatic rings. The van der Waals surface area contributed by atoms with Gasteiger partial charge in [0.2, 0.25) is 10.0 Å². The summed E-state index contributed by atoms with van der Waals surface area (Å²) in [6.07, 6.45) is 0. The Kier molecular flexibility index (Phi) is 5.97. The molecular weight excluding hydrogens is 316 g/mol. The molecule has 0 spiro atoms. The first-order valence-corrected chi connectivity index (χ1v) is 8.60. The largest absolute Gasteiger partial charge is 0.497 e. The van der Waals surface area contributed by atoms with Crippen molar-refractivity contribution in [2.45, 2.75) is 4.90 Å². The zero-order valence-electron chi connectivity index (χ0n) is 13.1. The molecule has 6 nitrogen and oxygen atoms in total. The van der Waals surface area contributed by atoms with E-state index in [0.29, 0.717) is 24.6 Å². The lowest BCUT2D eigenvalue weighted by Gasteiger charge is -2.09. The van der Waals surface area contributed by atoms with Crippen molar-refractivity contribution in [1.82, 2.24) is 10.0 Å². The lowest BCUT2D eigenvalue weighted by molar-refractivity contribution is 0.413. The van der Waals surface area contributed by atoms with Gasteiger partial charge in [-0.05, 0) is 55.6 Å². The summed E-state index contributed by atoms with van der Waals surface area (Å²) >= 11 is 0. The molecule has 0 aromatic heterocycles. The molecule has 0 unspecified atom stereocenters. The second-order valence-electron chi connectivity index (χ2n) is 4.75. The molecule has 0 heterocycles. The summed E-state index contributed by atoms with van der Waals surface area (Å²) in [6.45, 7) is 0.904. The summed E-state index contributed by atoms with van der Waals surface area (Å²) in [4.78, 5) is 0.204. The standard InChI is InChI=1S/C16H20N2O4S/c1-17-11-12-18-23(19,20)16-9-7-15(8-10-16)22-14-5-3-13(21-2)4-6-14/h3-10,17-18H,11-12H2,1-2H3. The highest BCUT2D eigenvalue weighted by Gasteiger charge is 2.13. The fourth-order valence-corrected chi connectivity index (χ4v) is 2.89. The van der Waals surface area contributed by atoms with Crippen LogP contribution in [0.3, 0.4) is 0 Å². The number of hydrogen-bond acceptors (Lipinski definition) is 5. The quantitative estimate of drug-likeness (QED) is 0.721. The van der Waals surface area contributed by atoms with Crippen molar-refractivity contribution in [3.05, 3.63) is 48.5 Å². The number of rotatable bonds is 8. The third-order valence-corrected chi connectivity index (χ3v) is 4.57. The maximum Gasteiger partial charge on any atom is 0.240 e.